The van der Waals surface area contributed by atoms with Crippen LogP contribution in [-0.4, -0.2) is 24.3 Å². The molecule has 0 aliphatic heterocycles. The van der Waals surface area contributed by atoms with E-state index in [-0.39, 0.29) is 6.10 Å². The summed E-state index contributed by atoms with van der Waals surface area (Å²) in [7, 11) is 0. The van der Waals surface area contributed by atoms with Crippen molar-refractivity contribution in [1.82, 2.24) is 5.32 Å². The van der Waals surface area contributed by atoms with E-state index in [0.29, 0.717) is 5.92 Å². The number of nitrogens with one attached hydrogen (secondary N) is 1. The molecule has 2 saturated carbocycles. The van der Waals surface area contributed by atoms with E-state index in [9.17, 15) is 5.11 Å². The summed E-state index contributed by atoms with van der Waals surface area (Å²) < 4.78 is 0. The highest BCUT2D eigenvalue weighted by molar-refractivity contribution is 4.78. The Balaban J connectivity index is 1.58. The lowest BCUT2D eigenvalue weighted by atomic mass is 9.84. The molecule has 0 amide bonds. The summed E-state index contributed by atoms with van der Waals surface area (Å²) in [5.41, 5.74) is 0. The van der Waals surface area contributed by atoms with Gasteiger partial charge >= 0.3 is 0 Å². The summed E-state index contributed by atoms with van der Waals surface area (Å²) in [6.07, 6.45) is 9.01. The van der Waals surface area contributed by atoms with E-state index in [0.717, 1.165) is 18.9 Å². The largest absolute Gasteiger partial charge is 0.393 e. The van der Waals surface area contributed by atoms with E-state index in [4.69, 9.17) is 0 Å². The van der Waals surface area contributed by atoms with Gasteiger partial charge in [0, 0.05) is 6.54 Å². The highest BCUT2D eigenvalue weighted by atomic mass is 16.3. The predicted molar refractivity (Wildman–Crippen MR) is 58.2 cm³/mol. The lowest BCUT2D eigenvalue weighted by molar-refractivity contribution is 0.0685. The molecular formula is C12H23NO. The lowest BCUT2D eigenvalue weighted by Crippen LogP contribution is -2.36. The fraction of sp³-hybridized carbons (Fsp3) is 1.00. The van der Waals surface area contributed by atoms with Gasteiger partial charge in [-0.05, 0) is 44.1 Å². The standard InChI is InChI=1S/C12H23NO/c14-12-7-2-1-6-11(12)9-13-8-10-4-3-5-10/h10-14H,1-9H2. The van der Waals surface area contributed by atoms with Crippen LogP contribution in [0.25, 0.3) is 0 Å². The van der Waals surface area contributed by atoms with Gasteiger partial charge < -0.3 is 10.4 Å². The maximum absolute atomic E-state index is 9.77. The third kappa shape index (κ3) is 2.71. The number of rotatable bonds is 4. The zero-order valence-corrected chi connectivity index (χ0v) is 9.04. The minimum absolute atomic E-state index is 0.0300. The predicted octanol–water partition coefficient (Wildman–Crippen LogP) is 1.93. The van der Waals surface area contributed by atoms with Crippen molar-refractivity contribution in [2.75, 3.05) is 13.1 Å². The molecule has 2 aliphatic rings. The fourth-order valence-corrected chi connectivity index (χ4v) is 2.60. The van der Waals surface area contributed by atoms with E-state index in [1.165, 1.54) is 45.1 Å². The molecule has 0 radical (unpaired) electrons. The molecule has 0 aromatic heterocycles. The smallest absolute Gasteiger partial charge is 0.0580 e. The molecule has 0 heterocycles. The molecule has 2 heteroatoms. The Morgan fingerprint density at radius 2 is 1.71 bits per heavy atom. The van der Waals surface area contributed by atoms with Gasteiger partial charge in [-0.1, -0.05) is 19.3 Å². The van der Waals surface area contributed by atoms with Gasteiger partial charge in [-0.25, -0.2) is 0 Å². The summed E-state index contributed by atoms with van der Waals surface area (Å²) in [5, 5.41) is 13.3. The van der Waals surface area contributed by atoms with Gasteiger partial charge in [-0.15, -0.1) is 0 Å². The number of aliphatic hydroxyl groups excluding tert-OH is 1. The minimum Gasteiger partial charge on any atom is -0.393 e. The highest BCUT2D eigenvalue weighted by Gasteiger charge is 2.23. The Bertz CT molecular complexity index is 168. The first-order chi connectivity index (χ1) is 6.86. The van der Waals surface area contributed by atoms with E-state index in [2.05, 4.69) is 5.32 Å². The van der Waals surface area contributed by atoms with Crippen molar-refractivity contribution in [2.24, 2.45) is 11.8 Å². The molecule has 0 aromatic rings. The Morgan fingerprint density at radius 1 is 0.929 bits per heavy atom. The minimum atomic E-state index is -0.0300. The molecule has 2 nitrogen and oxygen atoms in total. The molecule has 2 aliphatic carbocycles. The van der Waals surface area contributed by atoms with Gasteiger partial charge in [-0.3, -0.25) is 0 Å². The average Bonchev–Trinajstić information content (AvgIpc) is 2.12. The van der Waals surface area contributed by atoms with Crippen molar-refractivity contribution >= 4 is 0 Å². The first-order valence-electron chi connectivity index (χ1n) is 6.25. The van der Waals surface area contributed by atoms with Crippen LogP contribution < -0.4 is 5.32 Å². The van der Waals surface area contributed by atoms with Crippen LogP contribution in [0.15, 0.2) is 0 Å². The first-order valence-corrected chi connectivity index (χ1v) is 6.25. The van der Waals surface area contributed by atoms with Crippen LogP contribution in [0.3, 0.4) is 0 Å². The SMILES string of the molecule is OC1CCCCC1CNCC1CCC1. The average molecular weight is 197 g/mol. The van der Waals surface area contributed by atoms with Gasteiger partial charge in [0.1, 0.15) is 0 Å². The molecular weight excluding hydrogens is 174 g/mol. The molecule has 0 bridgehead atoms. The van der Waals surface area contributed by atoms with Crippen molar-refractivity contribution in [1.29, 1.82) is 0 Å². The highest BCUT2D eigenvalue weighted by Crippen LogP contribution is 2.26. The van der Waals surface area contributed by atoms with Crippen molar-refractivity contribution in [2.45, 2.75) is 51.0 Å². The molecule has 2 atom stereocenters. The molecule has 0 spiro atoms. The van der Waals surface area contributed by atoms with Gasteiger partial charge in [-0.2, -0.15) is 0 Å². The zero-order chi connectivity index (χ0) is 9.80. The van der Waals surface area contributed by atoms with Crippen LogP contribution >= 0.6 is 0 Å². The Hall–Kier alpha value is -0.0800. The van der Waals surface area contributed by atoms with Gasteiger partial charge in [0.25, 0.3) is 0 Å². The lowest BCUT2D eigenvalue weighted by Gasteiger charge is -2.30. The molecule has 82 valence electrons. The maximum atomic E-state index is 9.77. The molecule has 2 unspecified atom stereocenters. The van der Waals surface area contributed by atoms with E-state index in [1.807, 2.05) is 0 Å². The summed E-state index contributed by atoms with van der Waals surface area (Å²) in [6, 6.07) is 0. The second-order valence-corrected chi connectivity index (χ2v) is 5.07. The summed E-state index contributed by atoms with van der Waals surface area (Å²) in [5.74, 6) is 1.47. The van der Waals surface area contributed by atoms with Crippen LogP contribution in [-0.2, 0) is 0 Å². The monoisotopic (exact) mass is 197 g/mol. The van der Waals surface area contributed by atoms with E-state index in [1.54, 1.807) is 0 Å². The Kier molecular flexibility index (Phi) is 3.82. The molecule has 2 fully saturated rings. The summed E-state index contributed by atoms with van der Waals surface area (Å²) in [6.45, 7) is 2.22. The number of aliphatic hydroxyl groups is 1. The van der Waals surface area contributed by atoms with Crippen LogP contribution in [0, 0.1) is 11.8 Å². The third-order valence-corrected chi connectivity index (χ3v) is 3.93. The molecule has 2 N–H and O–H groups in total. The second-order valence-electron chi connectivity index (χ2n) is 5.07. The van der Waals surface area contributed by atoms with Gasteiger partial charge in [0.15, 0.2) is 0 Å². The topological polar surface area (TPSA) is 32.3 Å². The second kappa shape index (κ2) is 5.13. The Labute approximate surface area is 87.1 Å². The van der Waals surface area contributed by atoms with E-state index >= 15 is 0 Å². The van der Waals surface area contributed by atoms with Gasteiger partial charge in [0.05, 0.1) is 6.10 Å². The number of hydrogen-bond acceptors (Lipinski definition) is 2. The van der Waals surface area contributed by atoms with Crippen LogP contribution in [0.2, 0.25) is 0 Å². The van der Waals surface area contributed by atoms with Crippen molar-refractivity contribution in [3.05, 3.63) is 0 Å². The first kappa shape index (κ1) is 10.4. The molecule has 0 saturated heterocycles. The van der Waals surface area contributed by atoms with Crippen LogP contribution in [0.5, 0.6) is 0 Å². The zero-order valence-electron chi connectivity index (χ0n) is 9.04. The van der Waals surface area contributed by atoms with Crippen molar-refractivity contribution in [3.63, 3.8) is 0 Å². The molecule has 2 rings (SSSR count). The summed E-state index contributed by atoms with van der Waals surface area (Å²) >= 11 is 0. The quantitative estimate of drug-likeness (QED) is 0.722. The maximum Gasteiger partial charge on any atom is 0.0580 e. The van der Waals surface area contributed by atoms with Crippen LogP contribution in [0.4, 0.5) is 0 Å². The molecule has 0 aromatic carbocycles. The Morgan fingerprint density at radius 3 is 2.36 bits per heavy atom. The normalized spacial score (nSPS) is 34.1. The van der Waals surface area contributed by atoms with Crippen molar-refractivity contribution in [3.8, 4) is 0 Å². The van der Waals surface area contributed by atoms with E-state index < -0.39 is 0 Å². The third-order valence-electron chi connectivity index (χ3n) is 3.93. The van der Waals surface area contributed by atoms with Gasteiger partial charge in [0.2, 0.25) is 0 Å². The molecule has 14 heavy (non-hydrogen) atoms. The van der Waals surface area contributed by atoms with Crippen LogP contribution in [0.1, 0.15) is 44.9 Å². The fourth-order valence-electron chi connectivity index (χ4n) is 2.60. The number of hydrogen-bond donors (Lipinski definition) is 2. The van der Waals surface area contributed by atoms with Crippen molar-refractivity contribution < 1.29 is 5.11 Å². The summed E-state index contributed by atoms with van der Waals surface area (Å²) in [4.78, 5) is 0.